The van der Waals surface area contributed by atoms with E-state index in [1.54, 1.807) is 18.2 Å². The fraction of sp³-hybridized carbons (Fsp3) is 0.167. The lowest BCUT2D eigenvalue weighted by Crippen LogP contribution is -2.14. The number of aromatic nitrogens is 3. The Morgan fingerprint density at radius 1 is 1.27 bits per heavy atom. The number of nitrogens with one attached hydrogen (secondary N) is 1. The number of anilines is 1. The van der Waals surface area contributed by atoms with Crippen molar-refractivity contribution in [3.05, 3.63) is 57.5 Å². The molecule has 0 fully saturated rings. The SMILES string of the molecule is Cc1cccc(-c2nnc(SCC(=O)Nc3ccc(Br)c(Cl)c3)n2C)c1. The second-order valence-electron chi connectivity index (χ2n) is 5.70. The monoisotopic (exact) mass is 450 g/mol. The fourth-order valence-corrected chi connectivity index (χ4v) is 3.52. The lowest BCUT2D eigenvalue weighted by atomic mass is 10.1. The topological polar surface area (TPSA) is 59.8 Å². The Bertz CT molecular complexity index is 960. The molecule has 26 heavy (non-hydrogen) atoms. The first-order valence-corrected chi connectivity index (χ1v) is 9.94. The van der Waals surface area contributed by atoms with Gasteiger partial charge in [-0.25, -0.2) is 0 Å². The summed E-state index contributed by atoms with van der Waals surface area (Å²) in [6.45, 7) is 2.04. The van der Waals surface area contributed by atoms with E-state index in [1.807, 2.05) is 36.7 Å². The van der Waals surface area contributed by atoms with Crippen LogP contribution in [0.1, 0.15) is 5.56 Å². The highest BCUT2D eigenvalue weighted by atomic mass is 79.9. The van der Waals surface area contributed by atoms with Crippen molar-refractivity contribution in [2.45, 2.75) is 12.1 Å². The molecule has 3 aromatic rings. The van der Waals surface area contributed by atoms with E-state index in [4.69, 9.17) is 11.6 Å². The smallest absolute Gasteiger partial charge is 0.234 e. The van der Waals surface area contributed by atoms with Gasteiger partial charge in [0.2, 0.25) is 5.91 Å². The molecule has 0 atom stereocenters. The summed E-state index contributed by atoms with van der Waals surface area (Å²) in [6, 6.07) is 13.4. The highest BCUT2D eigenvalue weighted by molar-refractivity contribution is 9.10. The number of thioether (sulfide) groups is 1. The van der Waals surface area contributed by atoms with Crippen LogP contribution < -0.4 is 5.32 Å². The number of halogens is 2. The minimum atomic E-state index is -0.131. The van der Waals surface area contributed by atoms with Gasteiger partial charge in [0, 0.05) is 22.8 Å². The predicted octanol–water partition coefficient (Wildman–Crippen LogP) is 4.94. The van der Waals surface area contributed by atoms with E-state index in [0.717, 1.165) is 21.4 Å². The maximum Gasteiger partial charge on any atom is 0.234 e. The van der Waals surface area contributed by atoms with E-state index in [9.17, 15) is 4.79 Å². The van der Waals surface area contributed by atoms with Crippen molar-refractivity contribution in [3.8, 4) is 11.4 Å². The quantitative estimate of drug-likeness (QED) is 0.558. The van der Waals surface area contributed by atoms with E-state index in [2.05, 4.69) is 37.5 Å². The molecular weight excluding hydrogens is 436 g/mol. The summed E-state index contributed by atoms with van der Waals surface area (Å²) in [5, 5.41) is 12.5. The molecule has 8 heteroatoms. The Morgan fingerprint density at radius 3 is 2.81 bits per heavy atom. The first-order valence-electron chi connectivity index (χ1n) is 7.78. The molecule has 1 aromatic heterocycles. The van der Waals surface area contributed by atoms with Crippen LogP contribution in [-0.4, -0.2) is 26.4 Å². The summed E-state index contributed by atoms with van der Waals surface area (Å²) in [7, 11) is 1.90. The Morgan fingerprint density at radius 2 is 2.08 bits per heavy atom. The van der Waals surface area contributed by atoms with E-state index in [1.165, 1.54) is 11.8 Å². The summed E-state index contributed by atoms with van der Waals surface area (Å²) < 4.78 is 2.68. The summed E-state index contributed by atoms with van der Waals surface area (Å²) in [5.41, 5.74) is 2.82. The number of hydrogen-bond acceptors (Lipinski definition) is 4. The number of benzene rings is 2. The Hall–Kier alpha value is -1.83. The molecule has 3 rings (SSSR count). The minimum Gasteiger partial charge on any atom is -0.325 e. The zero-order valence-electron chi connectivity index (χ0n) is 14.2. The van der Waals surface area contributed by atoms with Crippen molar-refractivity contribution >= 4 is 50.9 Å². The van der Waals surface area contributed by atoms with Gasteiger partial charge < -0.3 is 9.88 Å². The summed E-state index contributed by atoms with van der Waals surface area (Å²) in [6.07, 6.45) is 0. The van der Waals surface area contributed by atoms with Crippen molar-refractivity contribution in [3.63, 3.8) is 0 Å². The van der Waals surface area contributed by atoms with E-state index in [0.29, 0.717) is 15.9 Å². The molecule has 0 aliphatic carbocycles. The molecule has 0 spiro atoms. The van der Waals surface area contributed by atoms with Gasteiger partial charge in [0.05, 0.1) is 10.8 Å². The van der Waals surface area contributed by atoms with Crippen molar-refractivity contribution in [2.75, 3.05) is 11.1 Å². The average Bonchev–Trinajstić information content (AvgIpc) is 2.97. The third kappa shape index (κ3) is 4.47. The second-order valence-corrected chi connectivity index (χ2v) is 7.90. The van der Waals surface area contributed by atoms with Gasteiger partial charge in [-0.15, -0.1) is 10.2 Å². The zero-order valence-corrected chi connectivity index (χ0v) is 17.3. The normalized spacial score (nSPS) is 10.8. The zero-order chi connectivity index (χ0) is 18.7. The molecule has 0 unspecified atom stereocenters. The van der Waals surface area contributed by atoms with Gasteiger partial charge >= 0.3 is 0 Å². The molecule has 134 valence electrons. The molecule has 0 bridgehead atoms. The van der Waals surface area contributed by atoms with Crippen LogP contribution in [0.25, 0.3) is 11.4 Å². The molecular formula is C18H16BrClN4OS. The molecule has 0 aliphatic rings. The maximum absolute atomic E-state index is 12.2. The number of hydrogen-bond donors (Lipinski definition) is 1. The second kappa shape index (κ2) is 8.24. The summed E-state index contributed by atoms with van der Waals surface area (Å²) in [5.74, 6) is 0.873. The van der Waals surface area contributed by atoms with Crippen LogP contribution in [0.2, 0.25) is 5.02 Å². The Labute approximate surface area is 169 Å². The van der Waals surface area contributed by atoms with Crippen molar-refractivity contribution in [1.29, 1.82) is 0 Å². The lowest BCUT2D eigenvalue weighted by molar-refractivity contribution is -0.113. The van der Waals surface area contributed by atoms with Crippen LogP contribution >= 0.6 is 39.3 Å². The Kier molecular flexibility index (Phi) is 6.01. The van der Waals surface area contributed by atoms with E-state index in [-0.39, 0.29) is 11.7 Å². The maximum atomic E-state index is 12.2. The Balaban J connectivity index is 1.64. The van der Waals surface area contributed by atoms with Crippen LogP contribution in [0, 0.1) is 6.92 Å². The molecule has 1 heterocycles. The third-order valence-electron chi connectivity index (χ3n) is 3.65. The van der Waals surface area contributed by atoms with E-state index >= 15 is 0 Å². The summed E-state index contributed by atoms with van der Waals surface area (Å²) in [4.78, 5) is 12.2. The number of aryl methyl sites for hydroxylation is 1. The van der Waals surface area contributed by atoms with Gasteiger partial charge in [-0.2, -0.15) is 0 Å². The first-order chi connectivity index (χ1) is 12.4. The standard InChI is InChI=1S/C18H16BrClN4OS/c1-11-4-3-5-12(8-11)17-22-23-18(24(17)2)26-10-16(25)21-13-6-7-14(19)15(20)9-13/h3-9H,10H2,1-2H3,(H,21,25). The molecule has 0 aliphatic heterocycles. The van der Waals surface area contributed by atoms with Gasteiger partial charge in [0.15, 0.2) is 11.0 Å². The van der Waals surface area contributed by atoms with E-state index < -0.39 is 0 Å². The van der Waals surface area contributed by atoms with Crippen LogP contribution in [0.5, 0.6) is 0 Å². The van der Waals surface area contributed by atoms with Gasteiger partial charge in [-0.05, 0) is 47.1 Å². The molecule has 5 nitrogen and oxygen atoms in total. The van der Waals surface area contributed by atoms with Crippen molar-refractivity contribution < 1.29 is 4.79 Å². The third-order valence-corrected chi connectivity index (χ3v) is 5.90. The van der Waals surface area contributed by atoms with Gasteiger partial charge in [0.25, 0.3) is 0 Å². The van der Waals surface area contributed by atoms with Crippen molar-refractivity contribution in [1.82, 2.24) is 14.8 Å². The minimum absolute atomic E-state index is 0.131. The molecule has 2 aromatic carbocycles. The van der Waals surface area contributed by atoms with Gasteiger partial charge in [-0.3, -0.25) is 4.79 Å². The lowest BCUT2D eigenvalue weighted by Gasteiger charge is -2.07. The van der Waals surface area contributed by atoms with Gasteiger partial charge in [0.1, 0.15) is 0 Å². The predicted molar refractivity (Wildman–Crippen MR) is 110 cm³/mol. The number of amides is 1. The van der Waals surface area contributed by atoms with Crippen LogP contribution in [0.3, 0.4) is 0 Å². The van der Waals surface area contributed by atoms with Gasteiger partial charge in [-0.1, -0.05) is 47.1 Å². The van der Waals surface area contributed by atoms with Crippen LogP contribution in [0.15, 0.2) is 52.1 Å². The molecule has 0 saturated heterocycles. The highest BCUT2D eigenvalue weighted by Gasteiger charge is 2.13. The number of carbonyl (C=O) groups is 1. The molecule has 0 saturated carbocycles. The average molecular weight is 452 g/mol. The fourth-order valence-electron chi connectivity index (χ4n) is 2.38. The summed E-state index contributed by atoms with van der Waals surface area (Å²) >= 11 is 10.7. The van der Waals surface area contributed by atoms with Crippen LogP contribution in [-0.2, 0) is 11.8 Å². The molecule has 0 radical (unpaired) electrons. The highest BCUT2D eigenvalue weighted by Crippen LogP contribution is 2.26. The first kappa shape index (κ1) is 18.9. The number of rotatable bonds is 5. The number of nitrogens with zero attached hydrogens (tertiary/aromatic N) is 3. The van der Waals surface area contributed by atoms with Crippen LogP contribution in [0.4, 0.5) is 5.69 Å². The largest absolute Gasteiger partial charge is 0.325 e. The number of carbonyl (C=O) groups excluding carboxylic acids is 1. The van der Waals surface area contributed by atoms with Crippen molar-refractivity contribution in [2.24, 2.45) is 7.05 Å². The molecule has 1 amide bonds. The molecule has 1 N–H and O–H groups in total.